The molecule has 4 nitrogen and oxygen atoms in total. The fraction of sp³-hybridized carbons (Fsp3) is 0.467. The highest BCUT2D eigenvalue weighted by molar-refractivity contribution is 7.89. The van der Waals surface area contributed by atoms with Gasteiger partial charge < -0.3 is 5.11 Å². The van der Waals surface area contributed by atoms with Crippen LogP contribution < -0.4 is 0 Å². The number of aliphatic hydroxyl groups excluding tert-OH is 1. The number of unbranched alkanes of at least 4 members (excludes halogenated alkanes) is 2. The van der Waals surface area contributed by atoms with Crippen molar-refractivity contribution in [3.63, 3.8) is 0 Å². The van der Waals surface area contributed by atoms with E-state index in [9.17, 15) is 8.42 Å². The zero-order chi connectivity index (χ0) is 15.0. The summed E-state index contributed by atoms with van der Waals surface area (Å²) >= 11 is 0. The van der Waals surface area contributed by atoms with Gasteiger partial charge >= 0.3 is 0 Å². The lowest BCUT2D eigenvalue weighted by Crippen LogP contribution is -2.28. The Morgan fingerprint density at radius 1 is 1.30 bits per heavy atom. The molecule has 0 heterocycles. The van der Waals surface area contributed by atoms with Gasteiger partial charge in [-0.2, -0.15) is 0 Å². The third kappa shape index (κ3) is 4.64. The van der Waals surface area contributed by atoms with Crippen molar-refractivity contribution >= 4 is 10.0 Å². The van der Waals surface area contributed by atoms with E-state index in [1.165, 1.54) is 10.4 Å². The minimum absolute atomic E-state index is 0.237. The molecule has 0 bridgehead atoms. The SMILES string of the molecule is CCCCCN(C)S(=O)(=O)c1cccc(C#CCO)c1. The van der Waals surface area contributed by atoms with Gasteiger partial charge in [-0.15, -0.1) is 0 Å². The van der Waals surface area contributed by atoms with Crippen LogP contribution in [0.5, 0.6) is 0 Å². The maximum absolute atomic E-state index is 12.4. The summed E-state index contributed by atoms with van der Waals surface area (Å²) in [6, 6.07) is 6.48. The topological polar surface area (TPSA) is 57.6 Å². The lowest BCUT2D eigenvalue weighted by molar-refractivity contribution is 0.350. The number of aliphatic hydroxyl groups is 1. The Bertz CT molecular complexity index is 585. The van der Waals surface area contributed by atoms with Crippen LogP contribution in [0.2, 0.25) is 0 Å². The summed E-state index contributed by atoms with van der Waals surface area (Å²) in [4.78, 5) is 0.237. The monoisotopic (exact) mass is 295 g/mol. The molecule has 0 aliphatic heterocycles. The first-order valence-corrected chi connectivity index (χ1v) is 8.12. The van der Waals surface area contributed by atoms with Gasteiger partial charge in [-0.05, 0) is 24.6 Å². The molecular weight excluding hydrogens is 274 g/mol. The van der Waals surface area contributed by atoms with Crippen molar-refractivity contribution in [3.05, 3.63) is 29.8 Å². The van der Waals surface area contributed by atoms with Gasteiger partial charge in [0.15, 0.2) is 0 Å². The van der Waals surface area contributed by atoms with Crippen molar-refractivity contribution in [2.24, 2.45) is 0 Å². The standard InChI is InChI=1S/C15H21NO3S/c1-3-4-5-11-16(2)20(18,19)15-10-6-8-14(13-15)9-7-12-17/h6,8,10,13,17H,3-5,11-12H2,1-2H3. The molecule has 110 valence electrons. The number of hydrogen-bond donors (Lipinski definition) is 1. The van der Waals surface area contributed by atoms with E-state index in [2.05, 4.69) is 18.8 Å². The summed E-state index contributed by atoms with van der Waals surface area (Å²) in [6.07, 6.45) is 2.93. The van der Waals surface area contributed by atoms with Gasteiger partial charge in [-0.25, -0.2) is 12.7 Å². The molecule has 0 radical (unpaired) electrons. The molecule has 0 saturated carbocycles. The van der Waals surface area contributed by atoms with Crippen LogP contribution in [0.25, 0.3) is 0 Å². The van der Waals surface area contributed by atoms with E-state index in [1.807, 2.05) is 0 Å². The fourth-order valence-corrected chi connectivity index (χ4v) is 3.02. The Balaban J connectivity index is 2.91. The summed E-state index contributed by atoms with van der Waals surface area (Å²) in [5, 5.41) is 8.67. The number of sulfonamides is 1. The Kier molecular flexibility index (Phi) is 6.73. The van der Waals surface area contributed by atoms with Gasteiger partial charge in [0, 0.05) is 19.2 Å². The van der Waals surface area contributed by atoms with Gasteiger partial charge in [-0.3, -0.25) is 0 Å². The molecule has 0 amide bonds. The highest BCUT2D eigenvalue weighted by atomic mass is 32.2. The Labute approximate surface area is 121 Å². The van der Waals surface area contributed by atoms with Crippen LogP contribution in [0.1, 0.15) is 31.7 Å². The predicted molar refractivity (Wildman–Crippen MR) is 79.7 cm³/mol. The molecule has 5 heteroatoms. The molecule has 0 fully saturated rings. The number of nitrogens with zero attached hydrogens (tertiary/aromatic N) is 1. The maximum Gasteiger partial charge on any atom is 0.242 e. The second-order valence-corrected chi connectivity index (χ2v) is 6.57. The smallest absolute Gasteiger partial charge is 0.242 e. The normalized spacial score (nSPS) is 11.2. The first-order chi connectivity index (χ1) is 9.52. The van der Waals surface area contributed by atoms with Crippen molar-refractivity contribution in [2.75, 3.05) is 20.2 Å². The van der Waals surface area contributed by atoms with Crippen molar-refractivity contribution < 1.29 is 13.5 Å². The molecule has 20 heavy (non-hydrogen) atoms. The zero-order valence-electron chi connectivity index (χ0n) is 12.0. The Morgan fingerprint density at radius 3 is 2.70 bits per heavy atom. The van der Waals surface area contributed by atoms with Crippen LogP contribution in [0.3, 0.4) is 0 Å². The second kappa shape index (κ2) is 8.05. The van der Waals surface area contributed by atoms with E-state index in [0.717, 1.165) is 19.3 Å². The molecule has 0 aliphatic rings. The van der Waals surface area contributed by atoms with Crippen LogP contribution in [0.4, 0.5) is 0 Å². The number of rotatable bonds is 6. The molecule has 1 N–H and O–H groups in total. The molecular formula is C15H21NO3S. The van der Waals surface area contributed by atoms with Crippen LogP contribution in [0, 0.1) is 11.8 Å². The highest BCUT2D eigenvalue weighted by Gasteiger charge is 2.20. The predicted octanol–water partition coefficient (Wildman–Crippen LogP) is 1.84. The van der Waals surface area contributed by atoms with E-state index in [0.29, 0.717) is 12.1 Å². The summed E-state index contributed by atoms with van der Waals surface area (Å²) in [5.74, 6) is 5.23. The number of benzene rings is 1. The quantitative estimate of drug-likeness (QED) is 0.643. The highest BCUT2D eigenvalue weighted by Crippen LogP contribution is 2.16. The van der Waals surface area contributed by atoms with E-state index in [1.54, 1.807) is 25.2 Å². The van der Waals surface area contributed by atoms with Crippen molar-refractivity contribution in [1.29, 1.82) is 0 Å². The summed E-state index contributed by atoms with van der Waals surface area (Å²) in [7, 11) is -1.87. The Morgan fingerprint density at radius 2 is 2.05 bits per heavy atom. The van der Waals surface area contributed by atoms with E-state index in [-0.39, 0.29) is 11.5 Å². The zero-order valence-corrected chi connectivity index (χ0v) is 12.8. The lowest BCUT2D eigenvalue weighted by atomic mass is 10.2. The molecule has 0 aromatic heterocycles. The lowest BCUT2D eigenvalue weighted by Gasteiger charge is -2.17. The van der Waals surface area contributed by atoms with Gasteiger partial charge in [0.1, 0.15) is 6.61 Å². The first-order valence-electron chi connectivity index (χ1n) is 6.68. The van der Waals surface area contributed by atoms with E-state index < -0.39 is 10.0 Å². The fourth-order valence-electron chi connectivity index (χ4n) is 1.76. The molecule has 1 aromatic rings. The van der Waals surface area contributed by atoms with Crippen LogP contribution in [-0.2, 0) is 10.0 Å². The largest absolute Gasteiger partial charge is 0.384 e. The molecule has 0 spiro atoms. The first kappa shape index (κ1) is 16.7. The van der Waals surface area contributed by atoms with Crippen molar-refractivity contribution in [2.45, 2.75) is 31.1 Å². The van der Waals surface area contributed by atoms with Gasteiger partial charge in [0.25, 0.3) is 0 Å². The maximum atomic E-state index is 12.4. The molecule has 0 atom stereocenters. The van der Waals surface area contributed by atoms with Crippen LogP contribution in [0.15, 0.2) is 29.2 Å². The molecule has 1 rings (SSSR count). The molecule has 1 aromatic carbocycles. The van der Waals surface area contributed by atoms with Gasteiger partial charge in [0.05, 0.1) is 4.90 Å². The second-order valence-electron chi connectivity index (χ2n) is 4.52. The average Bonchev–Trinajstić information content (AvgIpc) is 2.45. The van der Waals surface area contributed by atoms with Crippen molar-refractivity contribution in [3.8, 4) is 11.8 Å². The summed E-state index contributed by atoms with van der Waals surface area (Å²) < 4.78 is 26.1. The molecule has 0 saturated heterocycles. The van der Waals surface area contributed by atoms with Crippen LogP contribution >= 0.6 is 0 Å². The van der Waals surface area contributed by atoms with E-state index in [4.69, 9.17) is 5.11 Å². The molecule has 0 unspecified atom stereocenters. The third-order valence-corrected chi connectivity index (χ3v) is 4.78. The summed E-state index contributed by atoms with van der Waals surface area (Å²) in [6.45, 7) is 2.36. The average molecular weight is 295 g/mol. The number of hydrogen-bond acceptors (Lipinski definition) is 3. The minimum atomic E-state index is -3.46. The third-order valence-electron chi connectivity index (χ3n) is 2.93. The van der Waals surface area contributed by atoms with Crippen molar-refractivity contribution in [1.82, 2.24) is 4.31 Å². The molecule has 0 aliphatic carbocycles. The van der Waals surface area contributed by atoms with Gasteiger partial charge in [0.2, 0.25) is 10.0 Å². The minimum Gasteiger partial charge on any atom is -0.384 e. The van der Waals surface area contributed by atoms with E-state index >= 15 is 0 Å². The van der Waals surface area contributed by atoms with Gasteiger partial charge in [-0.1, -0.05) is 37.7 Å². The van der Waals surface area contributed by atoms with Crippen LogP contribution in [-0.4, -0.2) is 38.0 Å². The Hall–Kier alpha value is -1.35. The summed E-state index contributed by atoms with van der Waals surface area (Å²) in [5.41, 5.74) is 0.585.